The fourth-order valence-corrected chi connectivity index (χ4v) is 6.07. The zero-order valence-electron chi connectivity index (χ0n) is 35.7. The monoisotopic (exact) mass is 779 g/mol. The highest BCUT2D eigenvalue weighted by molar-refractivity contribution is 5.83. The summed E-state index contributed by atoms with van der Waals surface area (Å²) in [5.41, 5.74) is 5.48. The van der Waals surface area contributed by atoms with Crippen LogP contribution in [0.1, 0.15) is 187 Å². The van der Waals surface area contributed by atoms with Crippen molar-refractivity contribution in [3.8, 4) is 0 Å². The number of rotatable bonds is 39. The number of hydrogen-bond acceptors (Lipinski definition) is 5. The van der Waals surface area contributed by atoms with E-state index in [0.717, 1.165) is 109 Å². The summed E-state index contributed by atoms with van der Waals surface area (Å²) in [6.45, 7) is 4.79. The number of unbranched alkanes of at least 4 members (excludes halogenated alkanes) is 13. The van der Waals surface area contributed by atoms with E-state index in [0.29, 0.717) is 38.6 Å². The van der Waals surface area contributed by atoms with Gasteiger partial charge in [0.25, 0.3) is 0 Å². The molecule has 0 bridgehead atoms. The number of carboxylic acids is 1. The van der Waals surface area contributed by atoms with Gasteiger partial charge in [-0.15, -0.1) is 0 Å². The van der Waals surface area contributed by atoms with Crippen molar-refractivity contribution in [2.75, 3.05) is 6.54 Å². The van der Waals surface area contributed by atoms with Crippen LogP contribution in [0.25, 0.3) is 0 Å². The number of nitrogens with two attached hydrogens (primary N) is 1. The lowest BCUT2D eigenvalue weighted by atomic mass is 10.1. The Morgan fingerprint density at radius 3 is 1.59 bits per heavy atom. The van der Waals surface area contributed by atoms with E-state index in [1.54, 1.807) is 0 Å². The van der Waals surface area contributed by atoms with E-state index in [-0.39, 0.29) is 18.0 Å². The largest absolute Gasteiger partial charge is 0.480 e. The molecule has 0 fully saturated rings. The summed E-state index contributed by atoms with van der Waals surface area (Å²) in [4.78, 5) is 36.4. The van der Waals surface area contributed by atoms with Gasteiger partial charge in [-0.25, -0.2) is 4.79 Å². The van der Waals surface area contributed by atoms with Crippen molar-refractivity contribution in [2.24, 2.45) is 5.73 Å². The number of amides is 1. The molecule has 4 N–H and O–H groups in total. The first-order chi connectivity index (χ1) is 27.4. The van der Waals surface area contributed by atoms with Gasteiger partial charge < -0.3 is 20.9 Å². The summed E-state index contributed by atoms with van der Waals surface area (Å²) in [6.07, 6.45) is 56.4. The minimum Gasteiger partial charge on any atom is -0.480 e. The molecule has 0 aliphatic heterocycles. The quantitative estimate of drug-likeness (QED) is 0.0325. The Morgan fingerprint density at radius 2 is 1.04 bits per heavy atom. The Labute approximate surface area is 343 Å². The summed E-state index contributed by atoms with van der Waals surface area (Å²) in [5.74, 6) is -1.36. The lowest BCUT2D eigenvalue weighted by Crippen LogP contribution is -2.40. The van der Waals surface area contributed by atoms with E-state index >= 15 is 0 Å². The van der Waals surface area contributed by atoms with Crippen molar-refractivity contribution >= 4 is 17.8 Å². The molecule has 7 heteroatoms. The van der Waals surface area contributed by atoms with Crippen LogP contribution in [-0.2, 0) is 19.1 Å². The zero-order chi connectivity index (χ0) is 41.0. The van der Waals surface area contributed by atoms with Gasteiger partial charge >= 0.3 is 11.9 Å². The fraction of sp³-hybridized carbons (Fsp3) is 0.653. The number of carboxylic acid groups (broad SMARTS) is 1. The molecule has 0 heterocycles. The molecular weight excluding hydrogens is 697 g/mol. The van der Waals surface area contributed by atoms with E-state index in [2.05, 4.69) is 104 Å². The highest BCUT2D eigenvalue weighted by atomic mass is 16.5. The minimum atomic E-state index is -1.02. The number of ether oxygens (including phenoxy) is 1. The van der Waals surface area contributed by atoms with E-state index in [1.165, 1.54) is 32.1 Å². The third-order valence-corrected chi connectivity index (χ3v) is 9.43. The molecule has 0 saturated heterocycles. The highest BCUT2D eigenvalue weighted by Crippen LogP contribution is 2.15. The van der Waals surface area contributed by atoms with Gasteiger partial charge in [0.1, 0.15) is 12.1 Å². The van der Waals surface area contributed by atoms with Gasteiger partial charge in [0.15, 0.2) is 0 Å². The maximum atomic E-state index is 12.7. The lowest BCUT2D eigenvalue weighted by molar-refractivity contribution is -0.147. The van der Waals surface area contributed by atoms with Gasteiger partial charge in [0.2, 0.25) is 5.91 Å². The summed E-state index contributed by atoms with van der Waals surface area (Å²) >= 11 is 0. The lowest BCUT2D eigenvalue weighted by Gasteiger charge is -2.15. The van der Waals surface area contributed by atoms with E-state index in [4.69, 9.17) is 10.5 Å². The number of carbonyl (C=O) groups is 3. The standard InChI is InChI=1S/C49H82N2O5/c1-3-5-7-9-11-13-14-15-16-17-18-19-20-21-22-23-24-25-26-27-29-31-37-43-48(53)56-45(39-34-30-28-12-10-8-6-4-2)40-35-32-33-36-42-47(52)51-46(49(54)55)41-38-44-50/h5,7,11,13,15-16,18-19,21-22,24-25,34,39,45-46H,3-4,6,8-10,12,14,17,20,23,26-33,35-38,40-44,50H2,1-2H3,(H,51,52)(H,54,55)/b7-5-,13-11-,16-15-,19-18-,22-21-,25-24-,39-34-. The Bertz CT molecular complexity index is 1150. The van der Waals surface area contributed by atoms with Crippen molar-refractivity contribution in [2.45, 2.75) is 199 Å². The molecule has 318 valence electrons. The zero-order valence-corrected chi connectivity index (χ0v) is 35.7. The Kier molecular flexibility index (Phi) is 40.1. The van der Waals surface area contributed by atoms with Gasteiger partial charge in [-0.05, 0) is 115 Å². The van der Waals surface area contributed by atoms with Crippen LogP contribution in [-0.4, -0.2) is 41.6 Å². The maximum absolute atomic E-state index is 12.7. The summed E-state index contributed by atoms with van der Waals surface area (Å²) in [7, 11) is 0. The van der Waals surface area contributed by atoms with Crippen molar-refractivity contribution in [3.63, 3.8) is 0 Å². The molecule has 2 unspecified atom stereocenters. The molecular formula is C49H82N2O5. The van der Waals surface area contributed by atoms with Crippen LogP contribution in [0.15, 0.2) is 85.1 Å². The molecule has 7 nitrogen and oxygen atoms in total. The van der Waals surface area contributed by atoms with Crippen molar-refractivity contribution in [1.82, 2.24) is 5.32 Å². The molecule has 0 aliphatic carbocycles. The summed E-state index contributed by atoms with van der Waals surface area (Å²) < 4.78 is 5.92. The Hall–Kier alpha value is -3.45. The number of esters is 1. The first kappa shape index (κ1) is 52.6. The van der Waals surface area contributed by atoms with Gasteiger partial charge in [-0.2, -0.15) is 0 Å². The molecule has 0 aromatic carbocycles. The Morgan fingerprint density at radius 1 is 0.554 bits per heavy atom. The Balaban J connectivity index is 4.27. The molecule has 56 heavy (non-hydrogen) atoms. The van der Waals surface area contributed by atoms with Crippen LogP contribution in [0.3, 0.4) is 0 Å². The van der Waals surface area contributed by atoms with E-state index in [9.17, 15) is 19.5 Å². The van der Waals surface area contributed by atoms with E-state index < -0.39 is 12.0 Å². The average Bonchev–Trinajstić information content (AvgIpc) is 3.18. The van der Waals surface area contributed by atoms with E-state index in [1.807, 2.05) is 0 Å². The fourth-order valence-electron chi connectivity index (χ4n) is 6.07. The number of aliphatic carboxylic acids is 1. The molecule has 2 atom stereocenters. The maximum Gasteiger partial charge on any atom is 0.326 e. The van der Waals surface area contributed by atoms with Crippen LogP contribution in [0.4, 0.5) is 0 Å². The summed E-state index contributed by atoms with van der Waals surface area (Å²) in [5, 5.41) is 11.9. The predicted octanol–water partition coefficient (Wildman–Crippen LogP) is 12.9. The molecule has 1 amide bonds. The van der Waals surface area contributed by atoms with Crippen LogP contribution in [0.2, 0.25) is 0 Å². The van der Waals surface area contributed by atoms with Gasteiger partial charge in [0.05, 0.1) is 0 Å². The van der Waals surface area contributed by atoms with Crippen LogP contribution in [0.5, 0.6) is 0 Å². The van der Waals surface area contributed by atoms with Crippen LogP contribution < -0.4 is 11.1 Å². The van der Waals surface area contributed by atoms with Gasteiger partial charge in [-0.3, -0.25) is 9.59 Å². The number of nitrogens with one attached hydrogen (secondary N) is 1. The second-order valence-electron chi connectivity index (χ2n) is 14.7. The first-order valence-corrected chi connectivity index (χ1v) is 22.4. The van der Waals surface area contributed by atoms with Gasteiger partial charge in [-0.1, -0.05) is 151 Å². The minimum absolute atomic E-state index is 0.115. The molecule has 0 aromatic heterocycles. The van der Waals surface area contributed by atoms with Crippen LogP contribution >= 0.6 is 0 Å². The molecule has 0 spiro atoms. The second kappa shape index (κ2) is 42.7. The third kappa shape index (κ3) is 38.8. The highest BCUT2D eigenvalue weighted by Gasteiger charge is 2.19. The molecule has 0 saturated carbocycles. The van der Waals surface area contributed by atoms with Crippen LogP contribution in [0, 0.1) is 0 Å². The van der Waals surface area contributed by atoms with Crippen molar-refractivity contribution < 1.29 is 24.2 Å². The predicted molar refractivity (Wildman–Crippen MR) is 238 cm³/mol. The molecule has 0 aliphatic rings. The first-order valence-electron chi connectivity index (χ1n) is 22.4. The molecule has 0 radical (unpaired) electrons. The number of allylic oxidation sites excluding steroid dienone is 13. The van der Waals surface area contributed by atoms with Crippen molar-refractivity contribution in [3.05, 3.63) is 85.1 Å². The van der Waals surface area contributed by atoms with Crippen molar-refractivity contribution in [1.29, 1.82) is 0 Å². The number of hydrogen-bond donors (Lipinski definition) is 3. The molecule has 0 rings (SSSR count). The third-order valence-electron chi connectivity index (χ3n) is 9.43. The second-order valence-corrected chi connectivity index (χ2v) is 14.7. The van der Waals surface area contributed by atoms with Gasteiger partial charge in [0, 0.05) is 12.8 Å². The SMILES string of the molecule is CC/C=C\C/C=C\C/C=C\C/C=C\C/C=C\C/C=C\CCCCCCC(=O)OC(/C=C\CCCCCCCC)CCCCCCC(=O)NC(CCCN)C(=O)O. The number of carbonyl (C=O) groups excluding carboxylic acids is 2. The average molecular weight is 779 g/mol. The topological polar surface area (TPSA) is 119 Å². The smallest absolute Gasteiger partial charge is 0.326 e. The molecule has 0 aromatic rings. The normalized spacial score (nSPS) is 13.5. The summed E-state index contributed by atoms with van der Waals surface area (Å²) in [6, 6.07) is -0.877.